The minimum atomic E-state index is -0.463. The van der Waals surface area contributed by atoms with Gasteiger partial charge in [-0.05, 0) is 33.8 Å². The zero-order chi connectivity index (χ0) is 16.0. The van der Waals surface area contributed by atoms with Gasteiger partial charge in [0.2, 0.25) is 5.88 Å². The molecule has 1 saturated heterocycles. The molecule has 0 radical (unpaired) electrons. The Morgan fingerprint density at radius 2 is 1.82 bits per heavy atom. The molecular weight excluding hydrogens is 281 g/mol. The minimum absolute atomic E-state index is 0.374. The highest BCUT2D eigenvalue weighted by atomic mass is 16.7. The highest BCUT2D eigenvalue weighted by Crippen LogP contribution is 2.36. The molecule has 2 aromatic heterocycles. The molecule has 7 heteroatoms. The third kappa shape index (κ3) is 2.50. The van der Waals surface area contributed by atoms with Gasteiger partial charge in [0.05, 0.1) is 35.9 Å². The van der Waals surface area contributed by atoms with E-state index in [2.05, 4.69) is 9.97 Å². The van der Waals surface area contributed by atoms with Crippen molar-refractivity contribution in [3.63, 3.8) is 0 Å². The Morgan fingerprint density at radius 3 is 2.45 bits per heavy atom. The summed E-state index contributed by atoms with van der Waals surface area (Å²) in [6.07, 6.45) is 5.33. The van der Waals surface area contributed by atoms with Gasteiger partial charge in [-0.3, -0.25) is 0 Å². The summed E-state index contributed by atoms with van der Waals surface area (Å²) in [7, 11) is 1.13. The summed E-state index contributed by atoms with van der Waals surface area (Å²) in [6.45, 7) is 8.10. The smallest absolute Gasteiger partial charge is 0.481 e. The summed E-state index contributed by atoms with van der Waals surface area (Å²) in [5.74, 6) is 0.559. The third-order valence-electron chi connectivity index (χ3n) is 4.32. The molecule has 0 bridgehead atoms. The number of aromatic nitrogens is 3. The molecule has 0 atom stereocenters. The Labute approximate surface area is 130 Å². The van der Waals surface area contributed by atoms with Crippen LogP contribution in [0.5, 0.6) is 5.88 Å². The van der Waals surface area contributed by atoms with Crippen molar-refractivity contribution in [3.05, 3.63) is 30.9 Å². The van der Waals surface area contributed by atoms with Crippen molar-refractivity contribution < 1.29 is 14.0 Å². The Kier molecular flexibility index (Phi) is 3.49. The van der Waals surface area contributed by atoms with E-state index in [1.54, 1.807) is 19.6 Å². The van der Waals surface area contributed by atoms with Crippen molar-refractivity contribution in [3.8, 4) is 11.6 Å². The van der Waals surface area contributed by atoms with Crippen LogP contribution in [0, 0.1) is 0 Å². The number of pyridine rings is 1. The lowest BCUT2D eigenvalue weighted by Gasteiger charge is -2.32. The first-order chi connectivity index (χ1) is 10.3. The summed E-state index contributed by atoms with van der Waals surface area (Å²) in [5, 5.41) is 0. The van der Waals surface area contributed by atoms with Crippen LogP contribution in [0.3, 0.4) is 0 Å². The molecule has 3 heterocycles. The second-order valence-corrected chi connectivity index (χ2v) is 6.35. The molecule has 0 saturated carbocycles. The molecule has 6 nitrogen and oxygen atoms in total. The molecule has 22 heavy (non-hydrogen) atoms. The molecule has 0 spiro atoms. The maximum Gasteiger partial charge on any atom is 0.516 e. The quantitative estimate of drug-likeness (QED) is 0.806. The second kappa shape index (κ2) is 5.10. The van der Waals surface area contributed by atoms with Crippen LogP contribution in [-0.2, 0) is 9.31 Å². The largest absolute Gasteiger partial charge is 0.516 e. The van der Waals surface area contributed by atoms with Gasteiger partial charge in [0.25, 0.3) is 0 Å². The number of hydrogen-bond donors (Lipinski definition) is 0. The van der Waals surface area contributed by atoms with Gasteiger partial charge >= 0.3 is 7.12 Å². The van der Waals surface area contributed by atoms with Crippen molar-refractivity contribution in [2.75, 3.05) is 7.11 Å². The Balaban J connectivity index is 1.86. The average Bonchev–Trinajstić information content (AvgIpc) is 3.02. The number of nitrogens with zero attached hydrogens (tertiary/aromatic N) is 3. The predicted octanol–water partition coefficient (Wildman–Crippen LogP) is 1.58. The molecule has 1 aliphatic heterocycles. The summed E-state index contributed by atoms with van der Waals surface area (Å²) < 4.78 is 19.1. The highest BCUT2D eigenvalue weighted by molar-refractivity contribution is 6.61. The van der Waals surface area contributed by atoms with Gasteiger partial charge in [0, 0.05) is 18.5 Å². The van der Waals surface area contributed by atoms with E-state index >= 15 is 0 Å². The van der Waals surface area contributed by atoms with Crippen molar-refractivity contribution in [2.24, 2.45) is 0 Å². The van der Waals surface area contributed by atoms with E-state index in [-0.39, 0.29) is 11.2 Å². The normalized spacial score (nSPS) is 19.4. The van der Waals surface area contributed by atoms with Crippen LogP contribution in [0.25, 0.3) is 5.69 Å². The molecule has 116 valence electrons. The predicted molar refractivity (Wildman–Crippen MR) is 83.6 cm³/mol. The number of rotatable bonds is 3. The SMILES string of the molecule is COc1cc(-n2cnc(B3OC(C)(C)C(C)(C)O3)c2)ccn1. The molecule has 0 N–H and O–H groups in total. The monoisotopic (exact) mass is 301 g/mol. The molecule has 0 unspecified atom stereocenters. The Bertz CT molecular complexity index is 668. The fourth-order valence-corrected chi connectivity index (χ4v) is 2.24. The third-order valence-corrected chi connectivity index (χ3v) is 4.32. The molecule has 2 aromatic rings. The maximum absolute atomic E-state index is 6.01. The molecule has 0 amide bonds. The van der Waals surface area contributed by atoms with Crippen LogP contribution in [-0.4, -0.2) is 40.0 Å². The van der Waals surface area contributed by atoms with Gasteiger partial charge in [-0.15, -0.1) is 0 Å². The Hall–Kier alpha value is -1.86. The van der Waals surface area contributed by atoms with Crippen LogP contribution < -0.4 is 10.3 Å². The molecule has 1 aliphatic rings. The van der Waals surface area contributed by atoms with Crippen LogP contribution in [0.1, 0.15) is 27.7 Å². The van der Waals surface area contributed by atoms with Crippen molar-refractivity contribution in [1.29, 1.82) is 0 Å². The summed E-state index contributed by atoms with van der Waals surface area (Å²) in [6, 6.07) is 3.73. The van der Waals surface area contributed by atoms with Gasteiger partial charge in [-0.25, -0.2) is 9.97 Å². The van der Waals surface area contributed by atoms with E-state index in [1.165, 1.54) is 0 Å². The lowest BCUT2D eigenvalue weighted by molar-refractivity contribution is 0.00578. The first-order valence-electron chi connectivity index (χ1n) is 7.22. The molecule has 3 rings (SSSR count). The molecular formula is C15H20BN3O3. The highest BCUT2D eigenvalue weighted by Gasteiger charge is 2.52. The minimum Gasteiger partial charge on any atom is -0.481 e. The van der Waals surface area contributed by atoms with Crippen LogP contribution in [0.4, 0.5) is 0 Å². The summed E-state index contributed by atoms with van der Waals surface area (Å²) >= 11 is 0. The second-order valence-electron chi connectivity index (χ2n) is 6.35. The van der Waals surface area contributed by atoms with Crippen molar-refractivity contribution in [2.45, 2.75) is 38.9 Å². The lowest BCUT2D eigenvalue weighted by Crippen LogP contribution is -2.41. The molecule has 0 aliphatic carbocycles. The summed E-state index contributed by atoms with van der Waals surface area (Å²) in [5.41, 5.74) is 0.916. The van der Waals surface area contributed by atoms with E-state index in [9.17, 15) is 0 Å². The first-order valence-corrected chi connectivity index (χ1v) is 7.22. The zero-order valence-electron chi connectivity index (χ0n) is 13.5. The van der Waals surface area contributed by atoms with E-state index < -0.39 is 7.12 Å². The van der Waals surface area contributed by atoms with Crippen LogP contribution >= 0.6 is 0 Å². The first kappa shape index (κ1) is 15.1. The number of methoxy groups -OCH3 is 1. The molecule has 1 fully saturated rings. The van der Waals surface area contributed by atoms with Gasteiger partial charge in [0.1, 0.15) is 0 Å². The van der Waals surface area contributed by atoms with E-state index in [1.807, 2.05) is 50.6 Å². The van der Waals surface area contributed by atoms with Crippen molar-refractivity contribution >= 4 is 12.7 Å². The van der Waals surface area contributed by atoms with E-state index in [0.29, 0.717) is 5.88 Å². The topological polar surface area (TPSA) is 58.4 Å². The maximum atomic E-state index is 6.01. The number of hydrogen-bond acceptors (Lipinski definition) is 5. The van der Waals surface area contributed by atoms with Crippen molar-refractivity contribution in [1.82, 2.24) is 14.5 Å². The Morgan fingerprint density at radius 1 is 1.14 bits per heavy atom. The fourth-order valence-electron chi connectivity index (χ4n) is 2.24. The van der Waals surface area contributed by atoms with Gasteiger partial charge < -0.3 is 18.6 Å². The fraction of sp³-hybridized carbons (Fsp3) is 0.467. The van der Waals surface area contributed by atoms with Gasteiger partial charge in [-0.1, -0.05) is 0 Å². The van der Waals surface area contributed by atoms with E-state index in [0.717, 1.165) is 11.3 Å². The van der Waals surface area contributed by atoms with Gasteiger partial charge in [0.15, 0.2) is 0 Å². The lowest BCUT2D eigenvalue weighted by atomic mass is 9.86. The summed E-state index contributed by atoms with van der Waals surface area (Å²) in [4.78, 5) is 8.51. The van der Waals surface area contributed by atoms with Crippen LogP contribution in [0.2, 0.25) is 0 Å². The number of ether oxygens (including phenoxy) is 1. The average molecular weight is 301 g/mol. The number of imidazole rings is 1. The van der Waals surface area contributed by atoms with Gasteiger partial charge in [-0.2, -0.15) is 0 Å². The van der Waals surface area contributed by atoms with Crippen LogP contribution in [0.15, 0.2) is 30.9 Å². The molecule has 0 aromatic carbocycles. The van der Waals surface area contributed by atoms with E-state index in [4.69, 9.17) is 14.0 Å². The standard InChI is InChI=1S/C15H20BN3O3/c1-14(2)15(3,4)22-16(21-14)12-9-19(10-18-12)11-6-7-17-13(8-11)20-5/h6-10H,1-5H3. The zero-order valence-corrected chi connectivity index (χ0v) is 13.5.